The van der Waals surface area contributed by atoms with Gasteiger partial charge in [0.25, 0.3) is 0 Å². The Morgan fingerprint density at radius 2 is 2.00 bits per heavy atom. The third-order valence-corrected chi connectivity index (χ3v) is 6.87. The lowest BCUT2D eigenvalue weighted by molar-refractivity contribution is -0.131. The van der Waals surface area contributed by atoms with Gasteiger partial charge >= 0.3 is 5.66 Å². The SMILES string of the molecule is Cc1nc(-n2cnc(C(F)(F)P)c2)ccc1[C@H]1C(C2CC2)C(=O)N1c1ccc2[nH]cnc2c1. The number of aryl methyl sites for hydroxylation is 1. The lowest BCUT2D eigenvalue weighted by Crippen LogP contribution is -2.56. The molecule has 1 aliphatic carbocycles. The Balaban J connectivity index is 1.37. The molecular formula is C23H21F2N6OP. The predicted molar refractivity (Wildman–Crippen MR) is 122 cm³/mol. The van der Waals surface area contributed by atoms with E-state index in [1.807, 2.05) is 36.1 Å². The molecule has 3 atom stereocenters. The van der Waals surface area contributed by atoms with E-state index in [-0.39, 0.29) is 23.6 Å². The topological polar surface area (TPSA) is 79.7 Å². The number of anilines is 1. The molecule has 7 nitrogen and oxygen atoms in total. The molecule has 168 valence electrons. The van der Waals surface area contributed by atoms with Crippen LogP contribution in [0.1, 0.15) is 35.8 Å². The summed E-state index contributed by atoms with van der Waals surface area (Å²) in [7, 11) is 1.49. The van der Waals surface area contributed by atoms with Crippen LogP contribution in [0.2, 0.25) is 0 Å². The summed E-state index contributed by atoms with van der Waals surface area (Å²) >= 11 is 0. The number of fused-ring (bicyclic) bond motifs is 1. The summed E-state index contributed by atoms with van der Waals surface area (Å²) in [4.78, 5) is 30.9. The number of aromatic amines is 1. The van der Waals surface area contributed by atoms with Crippen molar-refractivity contribution < 1.29 is 13.6 Å². The number of nitrogens with one attached hydrogen (secondary N) is 1. The number of benzene rings is 1. The van der Waals surface area contributed by atoms with E-state index in [9.17, 15) is 13.6 Å². The lowest BCUT2D eigenvalue weighted by atomic mass is 9.78. The van der Waals surface area contributed by atoms with Crippen molar-refractivity contribution in [2.45, 2.75) is 31.5 Å². The fourth-order valence-electron chi connectivity index (χ4n) is 4.75. The fourth-order valence-corrected chi connectivity index (χ4v) is 4.90. The van der Waals surface area contributed by atoms with Gasteiger partial charge in [-0.2, -0.15) is 8.78 Å². The summed E-state index contributed by atoms with van der Waals surface area (Å²) in [5, 5.41) is 0. The quantitative estimate of drug-likeness (QED) is 0.347. The van der Waals surface area contributed by atoms with Crippen LogP contribution >= 0.6 is 9.24 Å². The number of rotatable bonds is 5. The summed E-state index contributed by atoms with van der Waals surface area (Å²) in [6.07, 6.45) is 6.37. The number of β-lactam (4-membered cyclic amide) rings is 1. The van der Waals surface area contributed by atoms with Crippen LogP contribution in [0.3, 0.4) is 0 Å². The molecule has 3 aromatic heterocycles. The van der Waals surface area contributed by atoms with Gasteiger partial charge in [0.2, 0.25) is 5.91 Å². The number of hydrogen-bond donors (Lipinski definition) is 1. The highest BCUT2D eigenvalue weighted by Gasteiger charge is 2.55. The molecule has 1 saturated heterocycles. The first-order valence-electron chi connectivity index (χ1n) is 10.8. The minimum absolute atomic E-state index is 0.0677. The van der Waals surface area contributed by atoms with Crippen LogP contribution in [-0.2, 0) is 10.5 Å². The maximum Gasteiger partial charge on any atom is 0.301 e. The summed E-state index contributed by atoms with van der Waals surface area (Å²) < 4.78 is 28.6. The Morgan fingerprint density at radius 3 is 2.70 bits per heavy atom. The zero-order valence-corrected chi connectivity index (χ0v) is 18.9. The summed E-state index contributed by atoms with van der Waals surface area (Å²) in [6, 6.07) is 9.41. The molecule has 4 aromatic rings. The fraction of sp³-hybridized carbons (Fsp3) is 0.304. The Morgan fingerprint density at radius 1 is 1.18 bits per heavy atom. The van der Waals surface area contributed by atoms with Gasteiger partial charge in [-0.15, -0.1) is 0 Å². The van der Waals surface area contributed by atoms with Crippen molar-refractivity contribution in [3.63, 3.8) is 0 Å². The van der Waals surface area contributed by atoms with Crippen molar-refractivity contribution in [2.24, 2.45) is 11.8 Å². The van der Waals surface area contributed by atoms with E-state index in [4.69, 9.17) is 0 Å². The molecule has 2 unspecified atom stereocenters. The average Bonchev–Trinajstić information content (AvgIpc) is 3.25. The number of aromatic nitrogens is 5. The standard InChI is InChI=1S/C23H21F2N6OP/c1-12-15(5-7-19(29-12)30-9-18(28-11-30)23(24,25)33)21-20(13-2-3-13)22(32)31(21)14-4-6-16-17(8-14)27-10-26-16/h4-11,13,20-21H,2-3,33H2,1H3,(H,26,27)/t20?,21-/m0/s1. The van der Waals surface area contributed by atoms with Gasteiger partial charge in [0.05, 0.1) is 29.3 Å². The molecule has 1 aromatic carbocycles. The lowest BCUT2D eigenvalue weighted by Gasteiger charge is -2.48. The highest BCUT2D eigenvalue weighted by Crippen LogP contribution is 2.54. The van der Waals surface area contributed by atoms with Crippen LogP contribution < -0.4 is 4.90 Å². The molecule has 0 radical (unpaired) electrons. The number of hydrogen-bond acceptors (Lipinski definition) is 4. The van der Waals surface area contributed by atoms with E-state index >= 15 is 0 Å². The first-order chi connectivity index (χ1) is 15.8. The molecule has 1 N–H and O–H groups in total. The minimum Gasteiger partial charge on any atom is -0.345 e. The van der Waals surface area contributed by atoms with Crippen molar-refractivity contribution in [1.29, 1.82) is 0 Å². The Hall–Kier alpha value is -3.19. The Labute approximate surface area is 190 Å². The average molecular weight is 466 g/mol. The highest BCUT2D eigenvalue weighted by atomic mass is 31.0. The molecule has 2 aliphatic rings. The van der Waals surface area contributed by atoms with Crippen LogP contribution in [0, 0.1) is 18.8 Å². The van der Waals surface area contributed by atoms with Crippen LogP contribution in [0.4, 0.5) is 14.5 Å². The number of alkyl halides is 2. The van der Waals surface area contributed by atoms with Crippen LogP contribution in [0.5, 0.6) is 0 Å². The zero-order chi connectivity index (χ0) is 22.9. The van der Waals surface area contributed by atoms with Crippen molar-refractivity contribution in [2.75, 3.05) is 4.90 Å². The first kappa shape index (κ1) is 20.4. The summed E-state index contributed by atoms with van der Waals surface area (Å²) in [5.74, 6) is 0.958. The number of carbonyl (C=O) groups is 1. The van der Waals surface area contributed by atoms with Gasteiger partial charge < -0.3 is 9.88 Å². The van der Waals surface area contributed by atoms with Crippen molar-refractivity contribution in [1.82, 2.24) is 24.5 Å². The second kappa shape index (κ2) is 7.15. The number of nitrogens with zero attached hydrogens (tertiary/aromatic N) is 5. The largest absolute Gasteiger partial charge is 0.345 e. The van der Waals surface area contributed by atoms with E-state index in [1.54, 1.807) is 12.4 Å². The normalized spacial score (nSPS) is 21.0. The maximum atomic E-state index is 13.6. The molecule has 6 rings (SSSR count). The molecule has 0 bridgehead atoms. The number of amides is 1. The number of pyridine rings is 1. The number of carbonyl (C=O) groups excluding carboxylic acids is 1. The van der Waals surface area contributed by atoms with Crippen molar-refractivity contribution >= 4 is 31.9 Å². The number of H-pyrrole nitrogens is 1. The van der Waals surface area contributed by atoms with Gasteiger partial charge in [0.15, 0.2) is 0 Å². The van der Waals surface area contributed by atoms with E-state index in [0.717, 1.165) is 40.8 Å². The van der Waals surface area contributed by atoms with Gasteiger partial charge in [0, 0.05) is 17.6 Å². The summed E-state index contributed by atoms with van der Waals surface area (Å²) in [6.45, 7) is 1.89. The maximum absolute atomic E-state index is 13.6. The zero-order valence-electron chi connectivity index (χ0n) is 17.7. The highest BCUT2D eigenvalue weighted by molar-refractivity contribution is 7.17. The van der Waals surface area contributed by atoms with Crippen LogP contribution in [0.25, 0.3) is 16.9 Å². The second-order valence-electron chi connectivity index (χ2n) is 8.75. The minimum atomic E-state index is -3.10. The Kier molecular flexibility index (Phi) is 4.43. The third-order valence-electron chi connectivity index (χ3n) is 6.57. The third kappa shape index (κ3) is 3.33. The predicted octanol–water partition coefficient (Wildman–Crippen LogP) is 4.49. The van der Waals surface area contributed by atoms with Crippen molar-refractivity contribution in [3.05, 3.63) is 66.1 Å². The summed E-state index contributed by atoms with van der Waals surface area (Å²) in [5.41, 5.74) is 0.825. The molecule has 1 amide bonds. The first-order valence-corrected chi connectivity index (χ1v) is 11.3. The van der Waals surface area contributed by atoms with Crippen molar-refractivity contribution in [3.8, 4) is 5.82 Å². The molecule has 33 heavy (non-hydrogen) atoms. The van der Waals surface area contributed by atoms with Crippen LogP contribution in [0.15, 0.2) is 49.2 Å². The van der Waals surface area contributed by atoms with Gasteiger partial charge in [-0.05, 0) is 55.5 Å². The molecule has 10 heteroatoms. The second-order valence-corrected chi connectivity index (χ2v) is 9.48. The number of imidazole rings is 2. The van der Waals surface area contributed by atoms with Gasteiger partial charge in [0.1, 0.15) is 17.8 Å². The molecule has 1 saturated carbocycles. The van der Waals surface area contributed by atoms with E-state index in [1.165, 1.54) is 26.3 Å². The molecule has 4 heterocycles. The van der Waals surface area contributed by atoms with E-state index in [2.05, 4.69) is 19.9 Å². The van der Waals surface area contributed by atoms with Crippen LogP contribution in [-0.4, -0.2) is 30.4 Å². The van der Waals surface area contributed by atoms with Gasteiger partial charge in [-0.25, -0.2) is 15.0 Å². The number of halogens is 2. The smallest absolute Gasteiger partial charge is 0.301 e. The molecule has 1 aliphatic heterocycles. The molecular weight excluding hydrogens is 445 g/mol. The van der Waals surface area contributed by atoms with Gasteiger partial charge in [-0.3, -0.25) is 9.36 Å². The molecule has 0 spiro atoms. The van der Waals surface area contributed by atoms with E-state index < -0.39 is 5.66 Å². The van der Waals surface area contributed by atoms with E-state index in [0.29, 0.717) is 11.7 Å². The molecule has 2 fully saturated rings. The Bertz CT molecular complexity index is 1390. The van der Waals surface area contributed by atoms with Gasteiger partial charge in [-0.1, -0.05) is 15.3 Å². The monoisotopic (exact) mass is 466 g/mol.